The van der Waals surface area contributed by atoms with Gasteiger partial charge >= 0.3 is 0 Å². The second-order valence-electron chi connectivity index (χ2n) is 8.37. The number of carbonyl (C=O) groups excluding carboxylic acids is 1. The molecule has 0 aliphatic rings. The average molecular weight is 605 g/mol. The van der Waals surface area contributed by atoms with Crippen LogP contribution in [0.1, 0.15) is 21.5 Å². The van der Waals surface area contributed by atoms with Crippen molar-refractivity contribution in [2.75, 3.05) is 0 Å². The first-order valence-electron chi connectivity index (χ1n) is 11.6. The number of hydrazone groups is 1. The lowest BCUT2D eigenvalue weighted by molar-refractivity contribution is 0.0956. The Balaban J connectivity index is 1.32. The molecule has 0 unspecified atom stereocenters. The number of nitrogens with one attached hydrogen (secondary N) is 1. The van der Waals surface area contributed by atoms with Gasteiger partial charge in [0.2, 0.25) is 0 Å². The van der Waals surface area contributed by atoms with Crippen molar-refractivity contribution >= 4 is 62.2 Å². The molecule has 0 saturated carbocycles. The highest BCUT2D eigenvalue weighted by molar-refractivity contribution is 9.10. The molecule has 188 valence electrons. The lowest BCUT2D eigenvalue weighted by atomic mass is 10.0. The standard InChI is InChI=1S/C30H20BrCl2N3O2/c31-25-14-20(15-26(33)29(25)38-18-19-10-12-22(32)13-11-19)17-34-36-30(37)24-16-28(21-6-2-1-3-7-21)35-27-9-5-4-8-23(24)27/h1-17H,18H2,(H,36,37)/b34-17+. The molecule has 1 N–H and O–H groups in total. The number of pyridine rings is 1. The highest BCUT2D eigenvalue weighted by atomic mass is 79.9. The molecule has 0 bridgehead atoms. The minimum atomic E-state index is -0.342. The summed E-state index contributed by atoms with van der Waals surface area (Å²) in [4.78, 5) is 17.9. The SMILES string of the molecule is O=C(N/N=C/c1cc(Cl)c(OCc2ccc(Cl)cc2)c(Br)c1)c1cc(-c2ccccc2)nc2ccccc12. The normalized spacial score (nSPS) is 11.1. The van der Waals surface area contributed by atoms with E-state index < -0.39 is 0 Å². The topological polar surface area (TPSA) is 63.6 Å². The lowest BCUT2D eigenvalue weighted by Gasteiger charge is -2.11. The summed E-state index contributed by atoms with van der Waals surface area (Å²) in [6, 6.07) is 30.0. The van der Waals surface area contributed by atoms with Gasteiger partial charge in [-0.2, -0.15) is 5.10 Å². The van der Waals surface area contributed by atoms with Crippen LogP contribution in [-0.4, -0.2) is 17.1 Å². The predicted octanol–water partition coefficient (Wildman–Crippen LogP) is 8.31. The minimum Gasteiger partial charge on any atom is -0.486 e. The summed E-state index contributed by atoms with van der Waals surface area (Å²) in [5.41, 5.74) is 7.12. The van der Waals surface area contributed by atoms with Crippen molar-refractivity contribution < 1.29 is 9.53 Å². The van der Waals surface area contributed by atoms with E-state index in [9.17, 15) is 4.79 Å². The van der Waals surface area contributed by atoms with Gasteiger partial charge in [-0.3, -0.25) is 4.79 Å². The fraction of sp³-hybridized carbons (Fsp3) is 0.0333. The van der Waals surface area contributed by atoms with Crippen LogP contribution in [0.15, 0.2) is 107 Å². The summed E-state index contributed by atoms with van der Waals surface area (Å²) >= 11 is 15.9. The summed E-state index contributed by atoms with van der Waals surface area (Å²) in [5.74, 6) is 0.171. The maximum atomic E-state index is 13.1. The second kappa shape index (κ2) is 11.8. The number of aromatic nitrogens is 1. The molecule has 1 heterocycles. The van der Waals surface area contributed by atoms with Crippen molar-refractivity contribution in [2.45, 2.75) is 6.61 Å². The summed E-state index contributed by atoms with van der Waals surface area (Å²) in [6.07, 6.45) is 1.53. The molecule has 5 nitrogen and oxygen atoms in total. The first-order valence-corrected chi connectivity index (χ1v) is 13.2. The van der Waals surface area contributed by atoms with Gasteiger partial charge in [-0.1, -0.05) is 83.9 Å². The third-order valence-electron chi connectivity index (χ3n) is 5.73. The zero-order valence-corrected chi connectivity index (χ0v) is 23.0. The van der Waals surface area contributed by atoms with Crippen LogP contribution in [0, 0.1) is 0 Å². The molecule has 4 aromatic carbocycles. The van der Waals surface area contributed by atoms with Gasteiger partial charge in [0.15, 0.2) is 5.75 Å². The summed E-state index contributed by atoms with van der Waals surface area (Å²) in [7, 11) is 0. The molecule has 0 aliphatic carbocycles. The largest absolute Gasteiger partial charge is 0.486 e. The Hall–Kier alpha value is -3.71. The monoisotopic (exact) mass is 603 g/mol. The van der Waals surface area contributed by atoms with Crippen LogP contribution in [0.4, 0.5) is 0 Å². The van der Waals surface area contributed by atoms with Gasteiger partial charge in [0, 0.05) is 16.0 Å². The molecular formula is C30H20BrCl2N3O2. The zero-order valence-electron chi connectivity index (χ0n) is 19.9. The van der Waals surface area contributed by atoms with Crippen LogP contribution >= 0.6 is 39.1 Å². The molecular weight excluding hydrogens is 585 g/mol. The summed E-state index contributed by atoms with van der Waals surface area (Å²) in [6.45, 7) is 0.337. The number of para-hydroxylation sites is 1. The maximum absolute atomic E-state index is 13.1. The van der Waals surface area contributed by atoms with E-state index in [1.54, 1.807) is 12.1 Å². The van der Waals surface area contributed by atoms with Crippen molar-refractivity contribution in [3.63, 3.8) is 0 Å². The van der Waals surface area contributed by atoms with Crippen molar-refractivity contribution in [2.24, 2.45) is 5.10 Å². The van der Waals surface area contributed by atoms with E-state index in [1.807, 2.05) is 84.9 Å². The van der Waals surface area contributed by atoms with Gasteiger partial charge in [0.25, 0.3) is 5.91 Å². The first kappa shape index (κ1) is 25.9. The number of rotatable bonds is 7. The van der Waals surface area contributed by atoms with Crippen LogP contribution in [-0.2, 0) is 6.61 Å². The molecule has 0 fully saturated rings. The fourth-order valence-corrected chi connectivity index (χ4v) is 4.99. The third kappa shape index (κ3) is 6.05. The van der Waals surface area contributed by atoms with Crippen molar-refractivity contribution in [3.05, 3.63) is 128 Å². The average Bonchev–Trinajstić information content (AvgIpc) is 2.93. The number of ether oxygens (including phenoxy) is 1. The van der Waals surface area contributed by atoms with Gasteiger partial charge in [-0.15, -0.1) is 0 Å². The third-order valence-corrected chi connectivity index (χ3v) is 6.85. The van der Waals surface area contributed by atoms with E-state index in [0.29, 0.717) is 43.7 Å². The number of halogens is 3. The van der Waals surface area contributed by atoms with Crippen LogP contribution in [0.25, 0.3) is 22.2 Å². The van der Waals surface area contributed by atoms with E-state index in [4.69, 9.17) is 32.9 Å². The van der Waals surface area contributed by atoms with E-state index in [-0.39, 0.29) is 5.91 Å². The molecule has 1 amide bonds. The Labute approximate surface area is 238 Å². The first-order chi connectivity index (χ1) is 18.5. The molecule has 0 aliphatic heterocycles. The molecule has 0 spiro atoms. The Morgan fingerprint density at radius 3 is 2.45 bits per heavy atom. The van der Waals surface area contributed by atoms with E-state index >= 15 is 0 Å². The lowest BCUT2D eigenvalue weighted by Crippen LogP contribution is -2.18. The molecule has 1 aromatic heterocycles. The zero-order chi connectivity index (χ0) is 26.5. The molecule has 0 saturated heterocycles. The number of nitrogens with zero attached hydrogens (tertiary/aromatic N) is 2. The molecule has 0 radical (unpaired) electrons. The Morgan fingerprint density at radius 1 is 0.947 bits per heavy atom. The Morgan fingerprint density at radius 2 is 1.68 bits per heavy atom. The van der Waals surface area contributed by atoms with Crippen molar-refractivity contribution in [1.29, 1.82) is 0 Å². The summed E-state index contributed by atoms with van der Waals surface area (Å²) in [5, 5.41) is 5.98. The van der Waals surface area contributed by atoms with Crippen LogP contribution in [0.3, 0.4) is 0 Å². The number of benzene rings is 4. The van der Waals surface area contributed by atoms with Gasteiger partial charge in [0.05, 0.1) is 32.5 Å². The summed E-state index contributed by atoms with van der Waals surface area (Å²) < 4.78 is 6.56. The highest BCUT2D eigenvalue weighted by Crippen LogP contribution is 2.35. The second-order valence-corrected chi connectivity index (χ2v) is 10.1. The minimum absolute atomic E-state index is 0.337. The quantitative estimate of drug-likeness (QED) is 0.150. The number of fused-ring (bicyclic) bond motifs is 1. The fourth-order valence-electron chi connectivity index (χ4n) is 3.87. The number of carbonyl (C=O) groups is 1. The number of hydrogen-bond donors (Lipinski definition) is 1. The van der Waals surface area contributed by atoms with Gasteiger partial charge in [-0.25, -0.2) is 10.4 Å². The van der Waals surface area contributed by atoms with Gasteiger partial charge in [0.1, 0.15) is 6.61 Å². The molecule has 38 heavy (non-hydrogen) atoms. The molecule has 0 atom stereocenters. The van der Waals surface area contributed by atoms with Gasteiger partial charge < -0.3 is 4.74 Å². The predicted molar refractivity (Wildman–Crippen MR) is 157 cm³/mol. The molecule has 8 heteroatoms. The molecule has 5 rings (SSSR count). The smallest absolute Gasteiger partial charge is 0.272 e. The van der Waals surface area contributed by atoms with Crippen molar-refractivity contribution in [3.8, 4) is 17.0 Å². The Bertz CT molecular complexity index is 1620. The van der Waals surface area contributed by atoms with Crippen LogP contribution in [0.5, 0.6) is 5.75 Å². The van der Waals surface area contributed by atoms with Crippen LogP contribution < -0.4 is 10.2 Å². The van der Waals surface area contributed by atoms with E-state index in [2.05, 4.69) is 26.5 Å². The molecule has 5 aromatic rings. The number of amides is 1. The van der Waals surface area contributed by atoms with Gasteiger partial charge in [-0.05, 0) is 63.5 Å². The van der Waals surface area contributed by atoms with Crippen LogP contribution in [0.2, 0.25) is 10.0 Å². The van der Waals surface area contributed by atoms with Crippen molar-refractivity contribution in [1.82, 2.24) is 10.4 Å². The highest BCUT2D eigenvalue weighted by Gasteiger charge is 2.14. The van der Waals surface area contributed by atoms with E-state index in [0.717, 1.165) is 22.0 Å². The number of hydrogen-bond acceptors (Lipinski definition) is 4. The van der Waals surface area contributed by atoms with E-state index in [1.165, 1.54) is 6.21 Å². The Kier molecular flexibility index (Phi) is 8.03. The maximum Gasteiger partial charge on any atom is 0.272 e.